The first-order valence-electron chi connectivity index (χ1n) is 8.42. The molecule has 0 aliphatic heterocycles. The Balaban J connectivity index is 4.72. The van der Waals surface area contributed by atoms with Gasteiger partial charge < -0.3 is 27.0 Å². The Bertz CT molecular complexity index is 489. The number of carboxylic acid groups (broad SMARTS) is 2. The standard InChI is InChI=1S/C16H29N3O6S/c1-26-9-12(19-14(21)5-4-11(18)16(24)25)13(20)7-10(3-2-6-17)8-15(22)23/h10-12H,2-9,17-18H2,1H3,(H,19,21)(H,22,23)(H,24,25). The second-order valence-corrected chi connectivity index (χ2v) is 7.03. The Morgan fingerprint density at radius 1 is 1.12 bits per heavy atom. The lowest BCUT2D eigenvalue weighted by Crippen LogP contribution is -2.44. The summed E-state index contributed by atoms with van der Waals surface area (Å²) in [6, 6.07) is -1.88. The maximum atomic E-state index is 12.5. The summed E-state index contributed by atoms with van der Waals surface area (Å²) in [6.45, 7) is 0.416. The molecule has 1 amide bonds. The smallest absolute Gasteiger partial charge is 0.320 e. The molecule has 0 radical (unpaired) electrons. The van der Waals surface area contributed by atoms with Gasteiger partial charge in [-0.25, -0.2) is 0 Å². The van der Waals surface area contributed by atoms with E-state index in [2.05, 4.69) is 5.32 Å². The van der Waals surface area contributed by atoms with Crippen molar-refractivity contribution in [2.75, 3.05) is 18.6 Å². The monoisotopic (exact) mass is 391 g/mol. The Hall–Kier alpha value is -1.65. The Kier molecular flexibility index (Phi) is 12.7. The minimum absolute atomic E-state index is 0.0283. The maximum Gasteiger partial charge on any atom is 0.320 e. The van der Waals surface area contributed by atoms with Crippen LogP contribution in [0.5, 0.6) is 0 Å². The largest absolute Gasteiger partial charge is 0.481 e. The summed E-state index contributed by atoms with van der Waals surface area (Å²) in [5, 5.41) is 20.3. The minimum Gasteiger partial charge on any atom is -0.481 e. The zero-order chi connectivity index (χ0) is 20.1. The number of carbonyl (C=O) groups excluding carboxylic acids is 2. The fourth-order valence-electron chi connectivity index (χ4n) is 2.41. The van der Waals surface area contributed by atoms with Crippen molar-refractivity contribution in [1.82, 2.24) is 5.32 Å². The normalized spacial score (nSPS) is 14.3. The maximum absolute atomic E-state index is 12.5. The highest BCUT2D eigenvalue weighted by Crippen LogP contribution is 2.18. The number of ketones is 1. The molecule has 0 aliphatic rings. The molecule has 0 spiro atoms. The first kappa shape index (κ1) is 24.4. The van der Waals surface area contributed by atoms with Crippen molar-refractivity contribution in [3.05, 3.63) is 0 Å². The average Bonchev–Trinajstić information content (AvgIpc) is 2.56. The van der Waals surface area contributed by atoms with Gasteiger partial charge in [0.15, 0.2) is 5.78 Å². The third-order valence-corrected chi connectivity index (χ3v) is 4.49. The van der Waals surface area contributed by atoms with Gasteiger partial charge in [0.1, 0.15) is 6.04 Å². The zero-order valence-corrected chi connectivity index (χ0v) is 15.8. The summed E-state index contributed by atoms with van der Waals surface area (Å²) in [7, 11) is 0. The number of aliphatic carboxylic acids is 2. The number of hydrogen-bond donors (Lipinski definition) is 5. The van der Waals surface area contributed by atoms with Crippen LogP contribution in [0.1, 0.15) is 38.5 Å². The van der Waals surface area contributed by atoms with Gasteiger partial charge in [0.25, 0.3) is 0 Å². The molecule has 9 nitrogen and oxygen atoms in total. The molecule has 0 rings (SSSR count). The van der Waals surface area contributed by atoms with Crippen LogP contribution in [-0.2, 0) is 19.2 Å². The summed E-state index contributed by atoms with van der Waals surface area (Å²) < 4.78 is 0. The Labute approximate surface area is 157 Å². The highest BCUT2D eigenvalue weighted by Gasteiger charge is 2.25. The number of thioether (sulfide) groups is 1. The number of amides is 1. The van der Waals surface area contributed by atoms with E-state index in [0.717, 1.165) is 0 Å². The fraction of sp³-hybridized carbons (Fsp3) is 0.750. The molecule has 0 aromatic carbocycles. The van der Waals surface area contributed by atoms with Gasteiger partial charge in [0.2, 0.25) is 5.91 Å². The van der Waals surface area contributed by atoms with Gasteiger partial charge in [-0.2, -0.15) is 11.8 Å². The van der Waals surface area contributed by atoms with Crippen LogP contribution in [0.3, 0.4) is 0 Å². The molecule has 3 atom stereocenters. The number of nitrogens with two attached hydrogens (primary N) is 2. The Morgan fingerprint density at radius 3 is 2.27 bits per heavy atom. The van der Waals surface area contributed by atoms with Crippen LogP contribution in [-0.4, -0.2) is 64.5 Å². The van der Waals surface area contributed by atoms with Crippen LogP contribution < -0.4 is 16.8 Å². The molecule has 3 unspecified atom stereocenters. The van der Waals surface area contributed by atoms with Crippen molar-refractivity contribution >= 4 is 35.4 Å². The molecule has 7 N–H and O–H groups in total. The van der Waals surface area contributed by atoms with E-state index in [1.807, 2.05) is 0 Å². The van der Waals surface area contributed by atoms with Crippen LogP contribution in [0.15, 0.2) is 0 Å². The van der Waals surface area contributed by atoms with E-state index in [1.165, 1.54) is 11.8 Å². The van der Waals surface area contributed by atoms with Gasteiger partial charge in [-0.05, 0) is 38.0 Å². The molecule has 0 aliphatic carbocycles. The average molecular weight is 391 g/mol. The molecule has 10 heteroatoms. The molecule has 0 saturated carbocycles. The van der Waals surface area contributed by atoms with Crippen LogP contribution in [0.4, 0.5) is 0 Å². The van der Waals surface area contributed by atoms with Crippen LogP contribution >= 0.6 is 11.8 Å². The van der Waals surface area contributed by atoms with Gasteiger partial charge in [0.05, 0.1) is 6.04 Å². The molecule has 0 saturated heterocycles. The number of carboxylic acids is 2. The Morgan fingerprint density at radius 2 is 1.77 bits per heavy atom. The molecule has 0 fully saturated rings. The molecule has 0 aromatic heterocycles. The molecule has 26 heavy (non-hydrogen) atoms. The predicted molar refractivity (Wildman–Crippen MR) is 98.8 cm³/mol. The van der Waals surface area contributed by atoms with Gasteiger partial charge in [-0.1, -0.05) is 0 Å². The van der Waals surface area contributed by atoms with Crippen LogP contribution in [0.2, 0.25) is 0 Å². The lowest BCUT2D eigenvalue weighted by Gasteiger charge is -2.20. The number of carbonyl (C=O) groups is 4. The van der Waals surface area contributed by atoms with Crippen molar-refractivity contribution < 1.29 is 29.4 Å². The lowest BCUT2D eigenvalue weighted by molar-refractivity contribution is -0.140. The van der Waals surface area contributed by atoms with Crippen LogP contribution in [0, 0.1) is 5.92 Å². The van der Waals surface area contributed by atoms with E-state index in [-0.39, 0.29) is 37.4 Å². The van der Waals surface area contributed by atoms with Gasteiger partial charge in [-0.15, -0.1) is 0 Å². The summed E-state index contributed by atoms with van der Waals surface area (Å²) in [6.07, 6.45) is 2.73. The predicted octanol–water partition coefficient (Wildman–Crippen LogP) is -0.185. The molecule has 0 bridgehead atoms. The highest BCUT2D eigenvalue weighted by atomic mass is 32.2. The van der Waals surface area contributed by atoms with Crippen molar-refractivity contribution in [1.29, 1.82) is 0 Å². The second-order valence-electron chi connectivity index (χ2n) is 6.12. The fourth-order valence-corrected chi connectivity index (χ4v) is 3.02. The van der Waals surface area contributed by atoms with Crippen molar-refractivity contribution in [2.24, 2.45) is 17.4 Å². The van der Waals surface area contributed by atoms with E-state index in [4.69, 9.17) is 21.7 Å². The highest BCUT2D eigenvalue weighted by molar-refractivity contribution is 7.98. The molecular weight excluding hydrogens is 362 g/mol. The van der Waals surface area contributed by atoms with Gasteiger partial charge >= 0.3 is 11.9 Å². The summed E-state index contributed by atoms with van der Waals surface area (Å²) in [4.78, 5) is 46.1. The van der Waals surface area contributed by atoms with E-state index in [0.29, 0.717) is 25.1 Å². The number of Topliss-reactive ketones (excluding diaryl/α,β-unsaturated/α-hetero) is 1. The third-order valence-electron chi connectivity index (χ3n) is 3.83. The lowest BCUT2D eigenvalue weighted by atomic mass is 9.91. The first-order chi connectivity index (χ1) is 12.2. The number of nitrogens with one attached hydrogen (secondary N) is 1. The minimum atomic E-state index is -1.19. The zero-order valence-electron chi connectivity index (χ0n) is 15.0. The van der Waals surface area contributed by atoms with Crippen molar-refractivity contribution in [3.63, 3.8) is 0 Å². The summed E-state index contributed by atoms with van der Waals surface area (Å²) >= 11 is 1.38. The second kappa shape index (κ2) is 13.5. The van der Waals surface area contributed by atoms with Gasteiger partial charge in [-0.3, -0.25) is 19.2 Å². The molecular formula is C16H29N3O6S. The third kappa shape index (κ3) is 11.1. The van der Waals surface area contributed by atoms with E-state index >= 15 is 0 Å². The first-order valence-corrected chi connectivity index (χ1v) is 9.81. The van der Waals surface area contributed by atoms with Crippen molar-refractivity contribution in [3.8, 4) is 0 Å². The van der Waals surface area contributed by atoms with Crippen LogP contribution in [0.25, 0.3) is 0 Å². The molecule has 150 valence electrons. The molecule has 0 heterocycles. The number of hydrogen-bond acceptors (Lipinski definition) is 7. The quantitative estimate of drug-likeness (QED) is 0.253. The van der Waals surface area contributed by atoms with E-state index < -0.39 is 29.9 Å². The summed E-state index contributed by atoms with van der Waals surface area (Å²) in [5.41, 5.74) is 10.8. The van der Waals surface area contributed by atoms with E-state index in [9.17, 15) is 19.2 Å². The summed E-state index contributed by atoms with van der Waals surface area (Å²) in [5.74, 6) is -2.83. The van der Waals surface area contributed by atoms with E-state index in [1.54, 1.807) is 6.26 Å². The number of rotatable bonds is 15. The topological polar surface area (TPSA) is 173 Å². The van der Waals surface area contributed by atoms with Gasteiger partial charge in [0, 0.05) is 25.0 Å². The van der Waals surface area contributed by atoms with Crippen molar-refractivity contribution in [2.45, 2.75) is 50.6 Å². The molecule has 0 aromatic rings. The SMILES string of the molecule is CSCC(NC(=O)CCC(N)C(=O)O)C(=O)CC(CCCN)CC(=O)O.